The van der Waals surface area contributed by atoms with Crippen molar-refractivity contribution in [2.75, 3.05) is 39.8 Å². The lowest BCUT2D eigenvalue weighted by atomic mass is 10.2. The van der Waals surface area contributed by atoms with Crippen LogP contribution in [-0.2, 0) is 0 Å². The summed E-state index contributed by atoms with van der Waals surface area (Å²) < 4.78 is 0. The minimum atomic E-state index is -0.0392. The molecule has 1 aromatic carbocycles. The van der Waals surface area contributed by atoms with Gasteiger partial charge in [0.15, 0.2) is 0 Å². The lowest BCUT2D eigenvalue weighted by Gasteiger charge is -2.36. The number of rotatable bonds is 4. The van der Waals surface area contributed by atoms with E-state index >= 15 is 0 Å². The molecule has 0 saturated carbocycles. The van der Waals surface area contributed by atoms with Crippen molar-refractivity contribution in [1.29, 1.82) is 0 Å². The number of nitrogens with one attached hydrogen (secondary N) is 1. The molecule has 1 atom stereocenters. The highest BCUT2D eigenvalue weighted by Gasteiger charge is 2.19. The molecular weight excluding hydrogens is 274 g/mol. The van der Waals surface area contributed by atoms with E-state index in [0.29, 0.717) is 23.2 Å². The summed E-state index contributed by atoms with van der Waals surface area (Å²) in [5.41, 5.74) is 0.653. The first kappa shape index (κ1) is 15.3. The molecule has 2 rings (SSSR count). The van der Waals surface area contributed by atoms with Crippen molar-refractivity contribution in [3.05, 3.63) is 34.9 Å². The number of halogens is 1. The molecule has 1 heterocycles. The molecule has 0 spiro atoms. The number of nitrogens with zero attached hydrogens (tertiary/aromatic N) is 2. The van der Waals surface area contributed by atoms with Gasteiger partial charge in [-0.3, -0.25) is 9.69 Å². The van der Waals surface area contributed by atoms with Gasteiger partial charge >= 0.3 is 0 Å². The molecule has 1 saturated heterocycles. The van der Waals surface area contributed by atoms with Crippen LogP contribution in [0.25, 0.3) is 0 Å². The van der Waals surface area contributed by atoms with E-state index in [-0.39, 0.29) is 5.91 Å². The molecular formula is C15H22ClN3O. The highest BCUT2D eigenvalue weighted by atomic mass is 35.5. The number of amides is 1. The zero-order valence-corrected chi connectivity index (χ0v) is 12.9. The summed E-state index contributed by atoms with van der Waals surface area (Å²) in [4.78, 5) is 16.8. The number of hydrogen-bond donors (Lipinski definition) is 1. The third-order valence-electron chi connectivity index (χ3n) is 3.83. The minimum absolute atomic E-state index is 0.0392. The highest BCUT2D eigenvalue weighted by molar-refractivity contribution is 6.30. The van der Waals surface area contributed by atoms with Crippen LogP contribution in [0.1, 0.15) is 17.3 Å². The molecule has 1 aliphatic heterocycles. The first-order chi connectivity index (χ1) is 9.56. The molecule has 0 aromatic heterocycles. The Morgan fingerprint density at radius 1 is 1.25 bits per heavy atom. The molecule has 20 heavy (non-hydrogen) atoms. The summed E-state index contributed by atoms with van der Waals surface area (Å²) in [7, 11) is 2.14. The molecule has 110 valence electrons. The Morgan fingerprint density at radius 3 is 2.45 bits per heavy atom. The maximum atomic E-state index is 12.0. The number of piperazine rings is 1. The van der Waals surface area contributed by atoms with Crippen LogP contribution >= 0.6 is 11.6 Å². The normalized spacial score (nSPS) is 18.8. The van der Waals surface area contributed by atoms with Crippen LogP contribution in [0.2, 0.25) is 5.02 Å². The van der Waals surface area contributed by atoms with Crippen molar-refractivity contribution in [1.82, 2.24) is 15.1 Å². The summed E-state index contributed by atoms with van der Waals surface area (Å²) >= 11 is 5.81. The molecule has 1 aliphatic rings. The van der Waals surface area contributed by atoms with Crippen LogP contribution in [0.4, 0.5) is 0 Å². The third-order valence-corrected chi connectivity index (χ3v) is 4.08. The Balaban J connectivity index is 1.79. The predicted molar refractivity (Wildman–Crippen MR) is 82.3 cm³/mol. The van der Waals surface area contributed by atoms with Gasteiger partial charge in [0.05, 0.1) is 0 Å². The molecule has 0 aliphatic carbocycles. The molecule has 0 bridgehead atoms. The SMILES string of the molecule is C[C@H](CNC(=O)c1ccc(Cl)cc1)N1CCN(C)CC1. The number of benzene rings is 1. The summed E-state index contributed by atoms with van der Waals surface area (Å²) in [5, 5.41) is 3.64. The number of hydrogen-bond acceptors (Lipinski definition) is 3. The molecule has 0 radical (unpaired) electrons. The molecule has 5 heteroatoms. The van der Waals surface area contributed by atoms with Gasteiger partial charge in [-0.15, -0.1) is 0 Å². The van der Waals surface area contributed by atoms with E-state index in [2.05, 4.69) is 29.1 Å². The second-order valence-electron chi connectivity index (χ2n) is 5.41. The second-order valence-corrected chi connectivity index (χ2v) is 5.84. The monoisotopic (exact) mass is 295 g/mol. The van der Waals surface area contributed by atoms with Gasteiger partial charge in [0.2, 0.25) is 0 Å². The highest BCUT2D eigenvalue weighted by Crippen LogP contribution is 2.09. The van der Waals surface area contributed by atoms with Crippen LogP contribution in [0.15, 0.2) is 24.3 Å². The molecule has 1 N–H and O–H groups in total. The predicted octanol–water partition coefficient (Wildman–Crippen LogP) is 1.71. The Morgan fingerprint density at radius 2 is 1.85 bits per heavy atom. The zero-order chi connectivity index (χ0) is 14.5. The van der Waals surface area contributed by atoms with Gasteiger partial charge in [-0.25, -0.2) is 0 Å². The number of carbonyl (C=O) groups excluding carboxylic acids is 1. The van der Waals surface area contributed by atoms with Crippen molar-refractivity contribution < 1.29 is 4.79 Å². The topological polar surface area (TPSA) is 35.6 Å². The van der Waals surface area contributed by atoms with Crippen LogP contribution in [-0.4, -0.2) is 61.5 Å². The van der Waals surface area contributed by atoms with Crippen LogP contribution < -0.4 is 5.32 Å². The van der Waals surface area contributed by atoms with Crippen molar-refractivity contribution in [3.8, 4) is 0 Å². The number of likely N-dealkylation sites (N-methyl/N-ethyl adjacent to an activating group) is 1. The van der Waals surface area contributed by atoms with Crippen molar-refractivity contribution in [2.24, 2.45) is 0 Å². The van der Waals surface area contributed by atoms with Gasteiger partial charge in [-0.2, -0.15) is 0 Å². The van der Waals surface area contributed by atoms with Gasteiger partial charge in [-0.1, -0.05) is 11.6 Å². The quantitative estimate of drug-likeness (QED) is 0.918. The Kier molecular flexibility index (Phi) is 5.40. The van der Waals surface area contributed by atoms with E-state index in [1.807, 2.05) is 0 Å². The standard InChI is InChI=1S/C15H22ClN3O/c1-12(19-9-7-18(2)8-10-19)11-17-15(20)13-3-5-14(16)6-4-13/h3-6,12H,7-11H2,1-2H3,(H,17,20)/t12-/m1/s1. The summed E-state index contributed by atoms with van der Waals surface area (Å²) in [6.07, 6.45) is 0. The number of carbonyl (C=O) groups is 1. The van der Waals surface area contributed by atoms with Crippen molar-refractivity contribution in [3.63, 3.8) is 0 Å². The van der Waals surface area contributed by atoms with Crippen molar-refractivity contribution in [2.45, 2.75) is 13.0 Å². The Hall–Kier alpha value is -1.10. The zero-order valence-electron chi connectivity index (χ0n) is 12.1. The molecule has 1 amide bonds. The van der Waals surface area contributed by atoms with Crippen LogP contribution in [0, 0.1) is 0 Å². The maximum absolute atomic E-state index is 12.0. The summed E-state index contributed by atoms with van der Waals surface area (Å²) in [6, 6.07) is 7.33. The average Bonchev–Trinajstić information content (AvgIpc) is 2.46. The minimum Gasteiger partial charge on any atom is -0.350 e. The van der Waals surface area contributed by atoms with Crippen LogP contribution in [0.5, 0.6) is 0 Å². The van der Waals surface area contributed by atoms with E-state index in [9.17, 15) is 4.79 Å². The fourth-order valence-electron chi connectivity index (χ4n) is 2.34. The van der Waals surface area contributed by atoms with E-state index in [1.54, 1.807) is 24.3 Å². The Bertz CT molecular complexity index is 441. The van der Waals surface area contributed by atoms with Crippen LogP contribution in [0.3, 0.4) is 0 Å². The van der Waals surface area contributed by atoms with E-state index < -0.39 is 0 Å². The Labute approximate surface area is 125 Å². The van der Waals surface area contributed by atoms with Gasteiger partial charge in [0.25, 0.3) is 5.91 Å². The molecule has 4 nitrogen and oxygen atoms in total. The van der Waals surface area contributed by atoms with E-state index in [0.717, 1.165) is 26.2 Å². The van der Waals surface area contributed by atoms with Gasteiger partial charge < -0.3 is 10.2 Å². The fraction of sp³-hybridized carbons (Fsp3) is 0.533. The summed E-state index contributed by atoms with van der Waals surface area (Å²) in [6.45, 7) is 7.15. The van der Waals surface area contributed by atoms with Gasteiger partial charge in [0, 0.05) is 49.4 Å². The van der Waals surface area contributed by atoms with Gasteiger partial charge in [0.1, 0.15) is 0 Å². The first-order valence-electron chi connectivity index (χ1n) is 7.02. The van der Waals surface area contributed by atoms with Crippen molar-refractivity contribution >= 4 is 17.5 Å². The van der Waals surface area contributed by atoms with E-state index in [1.165, 1.54) is 0 Å². The molecule has 0 unspecified atom stereocenters. The van der Waals surface area contributed by atoms with E-state index in [4.69, 9.17) is 11.6 Å². The van der Waals surface area contributed by atoms with Gasteiger partial charge in [-0.05, 0) is 38.2 Å². The maximum Gasteiger partial charge on any atom is 0.251 e. The first-order valence-corrected chi connectivity index (χ1v) is 7.40. The smallest absolute Gasteiger partial charge is 0.251 e. The second kappa shape index (κ2) is 7.07. The molecule has 1 fully saturated rings. The average molecular weight is 296 g/mol. The third kappa shape index (κ3) is 4.20. The lowest BCUT2D eigenvalue weighted by Crippen LogP contribution is -2.51. The lowest BCUT2D eigenvalue weighted by molar-refractivity contribution is 0.0903. The largest absolute Gasteiger partial charge is 0.350 e. The fourth-order valence-corrected chi connectivity index (χ4v) is 2.46. The molecule has 1 aromatic rings. The summed E-state index contributed by atoms with van der Waals surface area (Å²) in [5.74, 6) is -0.0392.